The number of anilines is 1. The van der Waals surface area contributed by atoms with Crippen LogP contribution in [0.3, 0.4) is 0 Å². The van der Waals surface area contributed by atoms with Gasteiger partial charge in [-0.1, -0.05) is 31.2 Å². The van der Waals surface area contributed by atoms with Crippen LogP contribution in [0.4, 0.5) is 10.5 Å². The van der Waals surface area contributed by atoms with Crippen LogP contribution in [-0.4, -0.2) is 121 Å². The minimum absolute atomic E-state index is 0.0194. The van der Waals surface area contributed by atoms with Gasteiger partial charge in [-0.25, -0.2) is 4.79 Å². The second kappa shape index (κ2) is 19.3. The van der Waals surface area contributed by atoms with Crippen LogP contribution in [0.25, 0.3) is 21.7 Å². The van der Waals surface area contributed by atoms with Crippen molar-refractivity contribution in [1.82, 2.24) is 15.2 Å². The molecule has 5 N–H and O–H groups in total. The Morgan fingerprint density at radius 2 is 1.78 bits per heavy atom. The number of amides is 3. The molecule has 0 bridgehead atoms. The van der Waals surface area contributed by atoms with E-state index < -0.39 is 18.5 Å². The summed E-state index contributed by atoms with van der Waals surface area (Å²) in [6.45, 7) is 1.78. The fraction of sp³-hybridized carbons (Fsp3) is 0.476. The fourth-order valence-corrected chi connectivity index (χ4v) is 8.24. The number of aliphatic hydroxyl groups is 3. The lowest BCUT2D eigenvalue weighted by Gasteiger charge is -2.21. The molecule has 58 heavy (non-hydrogen) atoms. The molecule has 1 saturated heterocycles. The molecule has 0 radical (unpaired) electrons. The maximum Gasteiger partial charge on any atom is 0.407 e. The maximum atomic E-state index is 14.3. The molecule has 3 aromatic carbocycles. The van der Waals surface area contributed by atoms with Crippen molar-refractivity contribution in [3.63, 3.8) is 0 Å². The van der Waals surface area contributed by atoms with E-state index >= 15 is 0 Å². The van der Waals surface area contributed by atoms with E-state index in [0.717, 1.165) is 21.9 Å². The van der Waals surface area contributed by atoms with Gasteiger partial charge in [-0.15, -0.1) is 11.6 Å². The van der Waals surface area contributed by atoms with Gasteiger partial charge in [-0.05, 0) is 52.9 Å². The van der Waals surface area contributed by atoms with Gasteiger partial charge >= 0.3 is 6.09 Å². The zero-order valence-electron chi connectivity index (χ0n) is 32.9. The largest absolute Gasteiger partial charge is 0.496 e. The summed E-state index contributed by atoms with van der Waals surface area (Å²) in [5, 5.41) is 34.5. The molecular formula is C42H51ClN4O11. The standard InChI is InChI=1S/C42H51ClN4O11/c1-4-28(20-48)58-38(56-3)23-57-42(54)44-11-9-37(52)46-12-10-24(18-46)35(51)15-25-14-34-39(30-8-6-5-7-29(25)30)27(17-43)19-47(34)41(53)33-13-26-16-36(55-2)31(21-49)32(22-50)40(26)45-33/h5-8,13-14,16,24,27-28,38,45,48-50H,4,9-12,15,17-23H2,1-3H3,(H,44,54)/t24?,27-,28?,38?/m1/s1. The van der Waals surface area contributed by atoms with Crippen molar-refractivity contribution in [1.29, 1.82) is 0 Å². The van der Waals surface area contributed by atoms with Crippen molar-refractivity contribution >= 4 is 62.7 Å². The number of aliphatic hydroxyl groups excluding tert-OH is 3. The number of nitrogens with one attached hydrogen (secondary N) is 2. The summed E-state index contributed by atoms with van der Waals surface area (Å²) in [6.07, 6.45) is -0.843. The third-order valence-corrected chi connectivity index (χ3v) is 11.5. The van der Waals surface area contributed by atoms with E-state index in [-0.39, 0.29) is 93.4 Å². The lowest BCUT2D eigenvalue weighted by atomic mass is 9.89. The minimum Gasteiger partial charge on any atom is -0.496 e. The van der Waals surface area contributed by atoms with Crippen molar-refractivity contribution in [3.8, 4) is 5.75 Å². The highest BCUT2D eigenvalue weighted by atomic mass is 35.5. The molecule has 15 nitrogen and oxygen atoms in total. The summed E-state index contributed by atoms with van der Waals surface area (Å²) in [4.78, 5) is 60.0. The Kier molecular flexibility index (Phi) is 14.3. The number of alkyl carbamates (subject to hydrolysis) is 1. The van der Waals surface area contributed by atoms with Gasteiger partial charge < -0.3 is 54.4 Å². The van der Waals surface area contributed by atoms with Crippen molar-refractivity contribution < 1.29 is 53.4 Å². The molecule has 16 heteroatoms. The molecule has 0 spiro atoms. The van der Waals surface area contributed by atoms with E-state index in [9.17, 15) is 34.5 Å². The minimum atomic E-state index is -0.845. The van der Waals surface area contributed by atoms with Crippen molar-refractivity contribution in [2.24, 2.45) is 5.92 Å². The zero-order valence-corrected chi connectivity index (χ0v) is 33.7. The number of aromatic nitrogens is 1. The number of alkyl halides is 1. The number of ether oxygens (including phenoxy) is 4. The van der Waals surface area contributed by atoms with E-state index in [1.807, 2.05) is 37.3 Å². The van der Waals surface area contributed by atoms with Crippen LogP contribution >= 0.6 is 11.6 Å². The lowest BCUT2D eigenvalue weighted by molar-refractivity contribution is -0.181. The molecule has 3 heterocycles. The average Bonchev–Trinajstić information content (AvgIpc) is 4.00. The molecule has 0 saturated carbocycles. The monoisotopic (exact) mass is 822 g/mol. The Morgan fingerprint density at radius 1 is 1.02 bits per heavy atom. The molecule has 3 unspecified atom stereocenters. The van der Waals surface area contributed by atoms with E-state index in [1.54, 1.807) is 21.9 Å². The molecule has 4 atom stereocenters. The van der Waals surface area contributed by atoms with Gasteiger partial charge in [0, 0.05) is 86.0 Å². The number of hydrogen-bond acceptors (Lipinski definition) is 11. The number of carbonyl (C=O) groups is 4. The Labute approximate surface area is 341 Å². The first kappa shape index (κ1) is 42.8. The Balaban J connectivity index is 1.13. The number of fused-ring (bicyclic) bond motifs is 4. The highest BCUT2D eigenvalue weighted by molar-refractivity contribution is 6.19. The number of H-pyrrole nitrogens is 1. The topological polar surface area (TPSA) is 200 Å². The zero-order chi connectivity index (χ0) is 41.5. The van der Waals surface area contributed by atoms with E-state index in [4.69, 9.17) is 30.5 Å². The number of methoxy groups -OCH3 is 2. The van der Waals surface area contributed by atoms with E-state index in [1.165, 1.54) is 14.2 Å². The number of Topliss-reactive ketones (excluding diaryl/α,β-unsaturated/α-hetero) is 1. The van der Waals surface area contributed by atoms with Crippen LogP contribution < -0.4 is 15.0 Å². The maximum absolute atomic E-state index is 14.3. The summed E-state index contributed by atoms with van der Waals surface area (Å²) in [5.41, 5.74) is 4.04. The molecule has 1 aromatic heterocycles. The highest BCUT2D eigenvalue weighted by Gasteiger charge is 2.37. The first-order chi connectivity index (χ1) is 28.1. The van der Waals surface area contributed by atoms with Crippen LogP contribution in [0.2, 0.25) is 0 Å². The number of ketones is 1. The molecular weight excluding hydrogens is 772 g/mol. The van der Waals surface area contributed by atoms with Gasteiger partial charge in [0.25, 0.3) is 5.91 Å². The van der Waals surface area contributed by atoms with Gasteiger partial charge in [0.1, 0.15) is 23.8 Å². The van der Waals surface area contributed by atoms with E-state index in [2.05, 4.69) is 10.3 Å². The number of hydrogen-bond donors (Lipinski definition) is 5. The third kappa shape index (κ3) is 8.94. The molecule has 2 aliphatic heterocycles. The molecule has 1 fully saturated rings. The smallest absolute Gasteiger partial charge is 0.407 e. The summed E-state index contributed by atoms with van der Waals surface area (Å²) in [5.74, 6) is -0.396. The Morgan fingerprint density at radius 3 is 2.45 bits per heavy atom. The Hall–Kier alpha value is -4.77. The summed E-state index contributed by atoms with van der Waals surface area (Å²) >= 11 is 6.53. The first-order valence-corrected chi connectivity index (χ1v) is 20.0. The predicted molar refractivity (Wildman–Crippen MR) is 216 cm³/mol. The van der Waals surface area contributed by atoms with Gasteiger partial charge in [0.15, 0.2) is 6.29 Å². The third-order valence-electron chi connectivity index (χ3n) is 11.1. The van der Waals surface area contributed by atoms with Crippen LogP contribution in [0.5, 0.6) is 5.75 Å². The summed E-state index contributed by atoms with van der Waals surface area (Å²) in [7, 11) is 2.88. The van der Waals surface area contributed by atoms with Gasteiger partial charge in [0.2, 0.25) is 5.91 Å². The molecule has 6 rings (SSSR count). The number of aromatic amines is 1. The van der Waals surface area contributed by atoms with Crippen molar-refractivity contribution in [2.45, 2.75) is 64.1 Å². The van der Waals surface area contributed by atoms with Crippen LogP contribution in [0.1, 0.15) is 64.8 Å². The molecule has 312 valence electrons. The number of nitrogens with zero attached hydrogens (tertiary/aromatic N) is 2. The number of benzene rings is 3. The van der Waals surface area contributed by atoms with Crippen LogP contribution in [0, 0.1) is 5.92 Å². The van der Waals surface area contributed by atoms with Crippen LogP contribution in [0.15, 0.2) is 42.5 Å². The number of halogens is 1. The van der Waals surface area contributed by atoms with Crippen molar-refractivity contribution in [3.05, 3.63) is 70.4 Å². The molecule has 0 aliphatic carbocycles. The van der Waals surface area contributed by atoms with Gasteiger partial charge in [0.05, 0.1) is 38.6 Å². The average molecular weight is 823 g/mol. The van der Waals surface area contributed by atoms with E-state index in [0.29, 0.717) is 59.4 Å². The van der Waals surface area contributed by atoms with Gasteiger partial charge in [-0.3, -0.25) is 14.4 Å². The molecule has 4 aromatic rings. The van der Waals surface area contributed by atoms with Crippen molar-refractivity contribution in [2.75, 3.05) is 64.4 Å². The second-order valence-electron chi connectivity index (χ2n) is 14.5. The Bertz CT molecular complexity index is 2140. The quantitative estimate of drug-likeness (QED) is 0.0714. The highest BCUT2D eigenvalue weighted by Crippen LogP contribution is 2.44. The lowest BCUT2D eigenvalue weighted by Crippen LogP contribution is -2.36. The second-order valence-corrected chi connectivity index (χ2v) is 14.8. The summed E-state index contributed by atoms with van der Waals surface area (Å²) < 4.78 is 21.3. The number of likely N-dealkylation sites (tertiary alicyclic amines) is 1. The number of rotatable bonds is 18. The molecule has 2 aliphatic rings. The molecule has 3 amide bonds. The summed E-state index contributed by atoms with van der Waals surface area (Å²) in [6, 6.07) is 13.1. The number of carbonyl (C=O) groups excluding carboxylic acids is 4. The SMILES string of the molecule is CCC(CO)OC(COC(=O)NCCC(=O)N1CCC(C(=O)Cc2cc3c(c4ccccc24)[C@H](CCl)CN3C(=O)c2cc3cc(OC)c(CO)c(CO)c3[nH]2)C1)OC. The van der Waals surface area contributed by atoms with Crippen LogP contribution in [-0.2, 0) is 43.4 Å². The fourth-order valence-electron chi connectivity index (χ4n) is 7.99. The normalized spacial score (nSPS) is 17.4. The first-order valence-electron chi connectivity index (χ1n) is 19.4. The van der Waals surface area contributed by atoms with Gasteiger partial charge in [-0.2, -0.15) is 0 Å². The predicted octanol–water partition coefficient (Wildman–Crippen LogP) is 4.13.